The molecule has 0 aromatic heterocycles. The number of hydrogen-bond acceptors (Lipinski definition) is 3. The van der Waals surface area contributed by atoms with Crippen molar-refractivity contribution in [3.05, 3.63) is 65.2 Å². The minimum Gasteiger partial charge on any atom is -0.323 e. The second-order valence-electron chi connectivity index (χ2n) is 7.46. The van der Waals surface area contributed by atoms with Crippen LogP contribution in [0.2, 0.25) is 0 Å². The molecule has 1 aliphatic rings. The van der Waals surface area contributed by atoms with Crippen molar-refractivity contribution in [2.75, 3.05) is 4.90 Å². The molecule has 1 fully saturated rings. The van der Waals surface area contributed by atoms with Crippen molar-refractivity contribution in [3.8, 4) is 0 Å². The van der Waals surface area contributed by atoms with Crippen molar-refractivity contribution >= 4 is 23.4 Å². The molecule has 0 radical (unpaired) electrons. The first-order chi connectivity index (χ1) is 13.3. The number of rotatable bonds is 5. The van der Waals surface area contributed by atoms with Crippen molar-refractivity contribution in [1.82, 2.24) is 4.90 Å². The van der Waals surface area contributed by atoms with Gasteiger partial charge >= 0.3 is 0 Å². The molecule has 0 spiro atoms. The molecular formula is C23H26N2O3. The number of carbonyl (C=O) groups excluding carboxylic acids is 3. The van der Waals surface area contributed by atoms with Crippen LogP contribution in [0.1, 0.15) is 48.2 Å². The summed E-state index contributed by atoms with van der Waals surface area (Å²) >= 11 is 0. The first kappa shape index (κ1) is 19.8. The molecule has 146 valence electrons. The smallest absolute Gasteiger partial charge is 0.257 e. The third-order valence-electron chi connectivity index (χ3n) is 5.32. The largest absolute Gasteiger partial charge is 0.323 e. The first-order valence-electron chi connectivity index (χ1n) is 9.66. The van der Waals surface area contributed by atoms with Crippen molar-refractivity contribution < 1.29 is 14.4 Å². The second-order valence-corrected chi connectivity index (χ2v) is 7.46. The lowest BCUT2D eigenvalue weighted by molar-refractivity contribution is -0.122. The Morgan fingerprint density at radius 1 is 1.11 bits per heavy atom. The summed E-state index contributed by atoms with van der Waals surface area (Å²) in [7, 11) is 0. The highest BCUT2D eigenvalue weighted by atomic mass is 16.2. The molecule has 2 aromatic carbocycles. The Hall–Kier alpha value is -2.95. The second kappa shape index (κ2) is 7.97. The molecule has 0 saturated carbocycles. The maximum absolute atomic E-state index is 13.3. The molecule has 2 aromatic rings. The van der Waals surface area contributed by atoms with Crippen LogP contribution in [0.3, 0.4) is 0 Å². The van der Waals surface area contributed by atoms with Crippen LogP contribution >= 0.6 is 0 Å². The van der Waals surface area contributed by atoms with Gasteiger partial charge in [0.15, 0.2) is 0 Å². The summed E-state index contributed by atoms with van der Waals surface area (Å²) in [5, 5.41) is 0. The zero-order chi connectivity index (χ0) is 20.4. The van der Waals surface area contributed by atoms with Crippen molar-refractivity contribution in [1.29, 1.82) is 0 Å². The Morgan fingerprint density at radius 3 is 2.39 bits per heavy atom. The fourth-order valence-electron chi connectivity index (χ4n) is 3.57. The Bertz CT molecular complexity index is 904. The number of imide groups is 1. The van der Waals surface area contributed by atoms with Gasteiger partial charge < -0.3 is 4.90 Å². The molecule has 2 atom stereocenters. The Morgan fingerprint density at radius 2 is 1.79 bits per heavy atom. The lowest BCUT2D eigenvalue weighted by Crippen LogP contribution is -2.49. The Labute approximate surface area is 166 Å². The zero-order valence-corrected chi connectivity index (χ0v) is 16.8. The monoisotopic (exact) mass is 378 g/mol. The number of carbonyl (C=O) groups is 3. The maximum Gasteiger partial charge on any atom is 0.257 e. The summed E-state index contributed by atoms with van der Waals surface area (Å²) in [6, 6.07) is 13.7. The molecule has 3 rings (SSSR count). The van der Waals surface area contributed by atoms with Gasteiger partial charge in [-0.2, -0.15) is 0 Å². The van der Waals surface area contributed by atoms with Gasteiger partial charge in [-0.3, -0.25) is 14.4 Å². The van der Waals surface area contributed by atoms with E-state index >= 15 is 0 Å². The normalized spacial score (nSPS) is 17.7. The van der Waals surface area contributed by atoms with E-state index in [1.54, 1.807) is 23.1 Å². The van der Waals surface area contributed by atoms with E-state index in [0.717, 1.165) is 11.1 Å². The van der Waals surface area contributed by atoms with Crippen molar-refractivity contribution in [2.24, 2.45) is 0 Å². The number of amides is 3. The summed E-state index contributed by atoms with van der Waals surface area (Å²) in [6.07, 6.45) is 0.703. The highest BCUT2D eigenvalue weighted by molar-refractivity contribution is 6.23. The molecule has 5 nitrogen and oxygen atoms in total. The van der Waals surface area contributed by atoms with Crippen LogP contribution in [0.4, 0.5) is 5.69 Å². The van der Waals surface area contributed by atoms with Gasteiger partial charge in [0.1, 0.15) is 6.04 Å². The van der Waals surface area contributed by atoms with Crippen LogP contribution in [0.25, 0.3) is 0 Å². The quantitative estimate of drug-likeness (QED) is 0.742. The van der Waals surface area contributed by atoms with Crippen molar-refractivity contribution in [3.63, 3.8) is 0 Å². The molecule has 5 heteroatoms. The summed E-state index contributed by atoms with van der Waals surface area (Å²) in [5.41, 5.74) is 3.12. The van der Waals surface area contributed by atoms with E-state index in [4.69, 9.17) is 0 Å². The van der Waals surface area contributed by atoms with Gasteiger partial charge in [0.25, 0.3) is 11.8 Å². The molecule has 1 aliphatic heterocycles. The van der Waals surface area contributed by atoms with Gasteiger partial charge in [0.05, 0.1) is 12.1 Å². The fraction of sp³-hybridized carbons (Fsp3) is 0.348. The molecule has 28 heavy (non-hydrogen) atoms. The van der Waals surface area contributed by atoms with Gasteiger partial charge in [-0.05, 0) is 51.5 Å². The van der Waals surface area contributed by atoms with Crippen molar-refractivity contribution in [2.45, 2.75) is 52.6 Å². The predicted octanol–water partition coefficient (Wildman–Crippen LogP) is 3.88. The van der Waals surface area contributed by atoms with Crippen LogP contribution in [-0.2, 0) is 9.59 Å². The van der Waals surface area contributed by atoms with Crippen LogP contribution in [-0.4, -0.2) is 34.7 Å². The number of anilines is 1. The topological polar surface area (TPSA) is 57.7 Å². The average Bonchev–Trinajstić information content (AvgIpc) is 2.96. The first-order valence-corrected chi connectivity index (χ1v) is 9.66. The molecule has 0 bridgehead atoms. The third-order valence-corrected chi connectivity index (χ3v) is 5.32. The number of benzene rings is 2. The average molecular weight is 378 g/mol. The van der Waals surface area contributed by atoms with E-state index < -0.39 is 6.04 Å². The molecule has 1 heterocycles. The van der Waals surface area contributed by atoms with Gasteiger partial charge in [-0.1, -0.05) is 42.3 Å². The van der Waals surface area contributed by atoms with E-state index in [0.29, 0.717) is 17.7 Å². The molecule has 0 N–H and O–H groups in total. The highest BCUT2D eigenvalue weighted by Gasteiger charge is 2.45. The lowest BCUT2D eigenvalue weighted by atomic mass is 10.0. The lowest BCUT2D eigenvalue weighted by Gasteiger charge is -2.33. The van der Waals surface area contributed by atoms with Gasteiger partial charge in [0, 0.05) is 11.6 Å². The van der Waals surface area contributed by atoms with E-state index in [1.165, 1.54) is 4.90 Å². The van der Waals surface area contributed by atoms with Crippen LogP contribution in [0.15, 0.2) is 48.5 Å². The summed E-state index contributed by atoms with van der Waals surface area (Å²) in [4.78, 5) is 41.9. The predicted molar refractivity (Wildman–Crippen MR) is 109 cm³/mol. The number of hydrogen-bond donors (Lipinski definition) is 0. The van der Waals surface area contributed by atoms with Crippen LogP contribution < -0.4 is 4.90 Å². The number of aryl methyl sites for hydroxylation is 2. The van der Waals surface area contributed by atoms with Crippen LogP contribution in [0.5, 0.6) is 0 Å². The third kappa shape index (κ3) is 3.70. The molecule has 2 unspecified atom stereocenters. The SMILES string of the molecule is CCC(C)N(C(=O)c1cccc(C)c1)C1CC(=O)N(c2ccc(C)cc2)C1=O. The molecule has 3 amide bonds. The van der Waals surface area contributed by atoms with Crippen LogP contribution in [0, 0.1) is 13.8 Å². The minimum atomic E-state index is -0.781. The van der Waals surface area contributed by atoms with E-state index in [2.05, 4.69) is 0 Å². The standard InChI is InChI=1S/C23H26N2O3/c1-5-17(4)24(22(27)18-8-6-7-16(3)13-18)20-14-21(26)25(23(20)28)19-11-9-15(2)10-12-19/h6-13,17,20H,5,14H2,1-4H3. The van der Waals surface area contributed by atoms with Gasteiger partial charge in [-0.25, -0.2) is 4.90 Å². The van der Waals surface area contributed by atoms with E-state index in [-0.39, 0.29) is 30.2 Å². The summed E-state index contributed by atoms with van der Waals surface area (Å²) < 4.78 is 0. The summed E-state index contributed by atoms with van der Waals surface area (Å²) in [6.45, 7) is 7.76. The fourth-order valence-corrected chi connectivity index (χ4v) is 3.57. The molecule has 1 saturated heterocycles. The van der Waals surface area contributed by atoms with E-state index in [1.807, 2.05) is 58.0 Å². The molecular weight excluding hydrogens is 352 g/mol. The van der Waals surface area contributed by atoms with E-state index in [9.17, 15) is 14.4 Å². The highest BCUT2D eigenvalue weighted by Crippen LogP contribution is 2.28. The molecule has 0 aliphatic carbocycles. The minimum absolute atomic E-state index is 0.00854. The zero-order valence-electron chi connectivity index (χ0n) is 16.8. The summed E-state index contributed by atoms with van der Waals surface area (Å²) in [5.74, 6) is -0.825. The Kier molecular flexibility index (Phi) is 5.63. The Balaban J connectivity index is 1.95. The van der Waals surface area contributed by atoms with Gasteiger partial charge in [0.2, 0.25) is 5.91 Å². The maximum atomic E-state index is 13.3. The number of nitrogens with zero attached hydrogens (tertiary/aromatic N) is 2. The van der Waals surface area contributed by atoms with Gasteiger partial charge in [-0.15, -0.1) is 0 Å².